The highest BCUT2D eigenvalue weighted by atomic mass is 16.1. The van der Waals surface area contributed by atoms with E-state index in [1.807, 2.05) is 41.2 Å². The number of benzene rings is 1. The van der Waals surface area contributed by atoms with Crippen LogP contribution < -0.4 is 5.69 Å². The summed E-state index contributed by atoms with van der Waals surface area (Å²) in [5.41, 5.74) is 1.82. The van der Waals surface area contributed by atoms with Gasteiger partial charge in [0.25, 0.3) is 0 Å². The monoisotopic (exact) mass is 283 g/mol. The van der Waals surface area contributed by atoms with Crippen molar-refractivity contribution >= 4 is 0 Å². The Hall–Kier alpha value is -2.63. The Balaban J connectivity index is 1.95. The molecular weight excluding hydrogens is 266 g/mol. The SMILES string of the molecule is CCc1ccccc1-n1c(CCn2cccn2)n[nH]c1=O. The molecule has 0 aliphatic heterocycles. The number of aromatic nitrogens is 5. The zero-order valence-corrected chi connectivity index (χ0v) is 11.9. The second kappa shape index (κ2) is 5.78. The quantitative estimate of drug-likeness (QED) is 0.772. The number of rotatable bonds is 5. The summed E-state index contributed by atoms with van der Waals surface area (Å²) in [6.45, 7) is 2.76. The molecule has 0 atom stereocenters. The minimum absolute atomic E-state index is 0.202. The fraction of sp³-hybridized carbons (Fsp3) is 0.267. The highest BCUT2D eigenvalue weighted by molar-refractivity contribution is 5.41. The average molecular weight is 283 g/mol. The average Bonchev–Trinajstić information content (AvgIpc) is 3.14. The maximum absolute atomic E-state index is 12.1. The van der Waals surface area contributed by atoms with Gasteiger partial charge in [-0.2, -0.15) is 10.2 Å². The van der Waals surface area contributed by atoms with Gasteiger partial charge in [-0.3, -0.25) is 4.68 Å². The van der Waals surface area contributed by atoms with Crippen LogP contribution in [0.2, 0.25) is 0 Å². The summed E-state index contributed by atoms with van der Waals surface area (Å²) in [7, 11) is 0. The van der Waals surface area contributed by atoms with Crippen molar-refractivity contribution in [2.75, 3.05) is 0 Å². The molecule has 2 aromatic heterocycles. The van der Waals surface area contributed by atoms with Crippen LogP contribution in [0.4, 0.5) is 0 Å². The number of hydrogen-bond donors (Lipinski definition) is 1. The Kier molecular flexibility index (Phi) is 3.68. The van der Waals surface area contributed by atoms with Crippen molar-refractivity contribution in [2.24, 2.45) is 0 Å². The van der Waals surface area contributed by atoms with Gasteiger partial charge in [-0.05, 0) is 24.1 Å². The van der Waals surface area contributed by atoms with Gasteiger partial charge in [0.2, 0.25) is 0 Å². The van der Waals surface area contributed by atoms with Crippen LogP contribution in [0.3, 0.4) is 0 Å². The van der Waals surface area contributed by atoms with Gasteiger partial charge in [-0.15, -0.1) is 0 Å². The molecule has 1 N–H and O–H groups in total. The summed E-state index contributed by atoms with van der Waals surface area (Å²) in [6.07, 6.45) is 5.14. The number of nitrogens with one attached hydrogen (secondary N) is 1. The van der Waals surface area contributed by atoms with E-state index in [2.05, 4.69) is 22.2 Å². The van der Waals surface area contributed by atoms with Crippen LogP contribution in [0.1, 0.15) is 18.3 Å². The molecule has 0 bridgehead atoms. The lowest BCUT2D eigenvalue weighted by Crippen LogP contribution is -2.19. The van der Waals surface area contributed by atoms with E-state index in [4.69, 9.17) is 0 Å². The third-order valence-corrected chi connectivity index (χ3v) is 3.48. The predicted octanol–water partition coefficient (Wildman–Crippen LogP) is 1.56. The molecule has 108 valence electrons. The highest BCUT2D eigenvalue weighted by Gasteiger charge is 2.12. The zero-order chi connectivity index (χ0) is 14.7. The fourth-order valence-electron chi connectivity index (χ4n) is 2.42. The topological polar surface area (TPSA) is 68.5 Å². The summed E-state index contributed by atoms with van der Waals surface area (Å²) in [5.74, 6) is 0.719. The number of aromatic amines is 1. The van der Waals surface area contributed by atoms with Crippen LogP contribution in [0, 0.1) is 0 Å². The van der Waals surface area contributed by atoms with E-state index in [0.717, 1.165) is 23.5 Å². The number of hydrogen-bond acceptors (Lipinski definition) is 3. The lowest BCUT2D eigenvalue weighted by molar-refractivity contribution is 0.594. The Morgan fingerprint density at radius 1 is 1.24 bits per heavy atom. The lowest BCUT2D eigenvalue weighted by atomic mass is 10.1. The van der Waals surface area contributed by atoms with Crippen LogP contribution in [-0.2, 0) is 19.4 Å². The largest absolute Gasteiger partial charge is 0.347 e. The van der Waals surface area contributed by atoms with E-state index in [-0.39, 0.29) is 5.69 Å². The minimum Gasteiger partial charge on any atom is -0.272 e. The van der Waals surface area contributed by atoms with Crippen LogP contribution >= 0.6 is 0 Å². The highest BCUT2D eigenvalue weighted by Crippen LogP contribution is 2.15. The Morgan fingerprint density at radius 3 is 2.86 bits per heavy atom. The molecule has 0 saturated heterocycles. The number of aryl methyl sites for hydroxylation is 3. The van der Waals surface area contributed by atoms with Crippen molar-refractivity contribution in [3.05, 3.63) is 64.6 Å². The molecule has 1 aromatic carbocycles. The van der Waals surface area contributed by atoms with Gasteiger partial charge in [-0.1, -0.05) is 25.1 Å². The standard InChI is InChI=1S/C15H17N5O/c1-2-12-6-3-4-7-13(12)20-14(17-18-15(20)21)8-11-19-10-5-9-16-19/h3-7,9-10H,2,8,11H2,1H3,(H,18,21). The van der Waals surface area contributed by atoms with Crippen molar-refractivity contribution in [2.45, 2.75) is 26.3 Å². The third-order valence-electron chi connectivity index (χ3n) is 3.48. The second-order valence-electron chi connectivity index (χ2n) is 4.78. The summed E-state index contributed by atoms with van der Waals surface area (Å²) >= 11 is 0. The molecule has 3 rings (SSSR count). The molecule has 2 heterocycles. The predicted molar refractivity (Wildman–Crippen MR) is 79.5 cm³/mol. The molecule has 0 spiro atoms. The Labute approximate surface area is 122 Å². The third kappa shape index (κ3) is 2.65. The molecule has 6 heteroatoms. The van der Waals surface area contributed by atoms with Gasteiger partial charge < -0.3 is 0 Å². The van der Waals surface area contributed by atoms with Gasteiger partial charge >= 0.3 is 5.69 Å². The van der Waals surface area contributed by atoms with E-state index in [1.165, 1.54) is 0 Å². The fourth-order valence-corrected chi connectivity index (χ4v) is 2.42. The van der Waals surface area contributed by atoms with Crippen LogP contribution in [0.15, 0.2) is 47.5 Å². The van der Waals surface area contributed by atoms with Crippen molar-refractivity contribution in [3.63, 3.8) is 0 Å². The van der Waals surface area contributed by atoms with Crippen molar-refractivity contribution in [1.82, 2.24) is 24.5 Å². The molecule has 3 aromatic rings. The van der Waals surface area contributed by atoms with Crippen molar-refractivity contribution < 1.29 is 0 Å². The first-order valence-electron chi connectivity index (χ1n) is 7.01. The van der Waals surface area contributed by atoms with Gasteiger partial charge in [0, 0.05) is 25.4 Å². The number of para-hydroxylation sites is 1. The summed E-state index contributed by atoms with van der Waals surface area (Å²) in [6, 6.07) is 9.78. The first-order valence-corrected chi connectivity index (χ1v) is 7.01. The van der Waals surface area contributed by atoms with Gasteiger partial charge in [0.05, 0.1) is 5.69 Å². The summed E-state index contributed by atoms with van der Waals surface area (Å²) in [4.78, 5) is 12.1. The number of H-pyrrole nitrogens is 1. The Morgan fingerprint density at radius 2 is 2.10 bits per heavy atom. The molecule has 6 nitrogen and oxygen atoms in total. The summed E-state index contributed by atoms with van der Waals surface area (Å²) in [5, 5.41) is 10.9. The molecule has 21 heavy (non-hydrogen) atoms. The van der Waals surface area contributed by atoms with E-state index < -0.39 is 0 Å². The molecule has 0 amide bonds. The molecule has 0 radical (unpaired) electrons. The van der Waals surface area contributed by atoms with E-state index in [0.29, 0.717) is 13.0 Å². The maximum atomic E-state index is 12.1. The van der Waals surface area contributed by atoms with Crippen LogP contribution in [0.5, 0.6) is 0 Å². The summed E-state index contributed by atoms with van der Waals surface area (Å²) < 4.78 is 3.48. The lowest BCUT2D eigenvalue weighted by Gasteiger charge is -2.10. The molecule has 0 fully saturated rings. The Bertz CT molecular complexity index is 769. The van der Waals surface area contributed by atoms with Gasteiger partial charge in [0.1, 0.15) is 5.82 Å². The normalized spacial score (nSPS) is 10.9. The molecule has 0 aliphatic carbocycles. The van der Waals surface area contributed by atoms with Crippen LogP contribution in [-0.4, -0.2) is 24.5 Å². The first-order chi connectivity index (χ1) is 10.3. The minimum atomic E-state index is -0.202. The van der Waals surface area contributed by atoms with E-state index >= 15 is 0 Å². The smallest absolute Gasteiger partial charge is 0.272 e. The van der Waals surface area contributed by atoms with Crippen LogP contribution in [0.25, 0.3) is 5.69 Å². The van der Waals surface area contributed by atoms with E-state index in [1.54, 1.807) is 10.8 Å². The molecular formula is C15H17N5O. The van der Waals surface area contributed by atoms with Gasteiger partial charge in [-0.25, -0.2) is 14.5 Å². The second-order valence-corrected chi connectivity index (χ2v) is 4.78. The van der Waals surface area contributed by atoms with E-state index in [9.17, 15) is 4.79 Å². The number of nitrogens with zero attached hydrogens (tertiary/aromatic N) is 4. The molecule has 0 unspecified atom stereocenters. The molecule has 0 aliphatic rings. The first kappa shape index (κ1) is 13.4. The van der Waals surface area contributed by atoms with Crippen molar-refractivity contribution in [3.8, 4) is 5.69 Å². The van der Waals surface area contributed by atoms with Crippen molar-refractivity contribution in [1.29, 1.82) is 0 Å². The zero-order valence-electron chi connectivity index (χ0n) is 11.9. The van der Waals surface area contributed by atoms with Gasteiger partial charge in [0.15, 0.2) is 0 Å². The molecule has 0 saturated carbocycles. The maximum Gasteiger partial charge on any atom is 0.347 e.